The Bertz CT molecular complexity index is 211. The molecule has 0 fully saturated rings. The lowest BCUT2D eigenvalue weighted by Gasteiger charge is -2.22. The minimum Gasteiger partial charge on any atom is -0.459 e. The predicted molar refractivity (Wildman–Crippen MR) is 72.9 cm³/mol. The second-order valence-electron chi connectivity index (χ2n) is 4.70. The highest BCUT2D eigenvalue weighted by atomic mass is 16.5. The molecule has 0 spiro atoms. The van der Waals surface area contributed by atoms with Gasteiger partial charge in [-0.1, -0.05) is 59.5 Å². The van der Waals surface area contributed by atoms with Gasteiger partial charge in [0.05, 0.1) is 0 Å². The summed E-state index contributed by atoms with van der Waals surface area (Å²) in [5.74, 6) is 0.401. The average Bonchev–Trinajstić information content (AvgIpc) is 2.34. The summed E-state index contributed by atoms with van der Waals surface area (Å²) >= 11 is 0. The van der Waals surface area contributed by atoms with Crippen LogP contribution in [0.25, 0.3) is 0 Å². The van der Waals surface area contributed by atoms with E-state index in [4.69, 9.17) is 4.74 Å². The van der Waals surface area contributed by atoms with E-state index in [9.17, 15) is 4.79 Å². The van der Waals surface area contributed by atoms with E-state index in [1.54, 1.807) is 0 Å². The van der Waals surface area contributed by atoms with Gasteiger partial charge in [0.15, 0.2) is 0 Å². The average molecular weight is 240 g/mol. The van der Waals surface area contributed by atoms with Crippen LogP contribution in [0.2, 0.25) is 0 Å². The van der Waals surface area contributed by atoms with E-state index in [0.717, 1.165) is 19.3 Å². The molecule has 0 amide bonds. The van der Waals surface area contributed by atoms with E-state index in [1.165, 1.54) is 31.8 Å². The fraction of sp³-hybridized carbons (Fsp3) is 0.800. The van der Waals surface area contributed by atoms with Crippen LogP contribution in [0.4, 0.5) is 0 Å². The highest BCUT2D eigenvalue weighted by Crippen LogP contribution is 2.22. The third-order valence-corrected chi connectivity index (χ3v) is 3.20. The van der Waals surface area contributed by atoms with Crippen LogP contribution in [0, 0.1) is 5.92 Å². The smallest absolute Gasteiger partial charge is 0.330 e. The van der Waals surface area contributed by atoms with E-state index in [0.29, 0.717) is 5.92 Å². The normalized spacial score (nSPS) is 14.1. The standard InChI is InChI=1S/C15H28O2/c1-5-9-11-13(7-3)12-14(10-6-2)17-15(16)8-4/h8,13-14H,4-7,9-12H2,1-3H3. The molecule has 0 rings (SSSR count). The molecule has 0 aliphatic rings. The topological polar surface area (TPSA) is 26.3 Å². The highest BCUT2D eigenvalue weighted by Gasteiger charge is 2.17. The second kappa shape index (κ2) is 10.4. The monoisotopic (exact) mass is 240 g/mol. The van der Waals surface area contributed by atoms with Crippen molar-refractivity contribution < 1.29 is 9.53 Å². The van der Waals surface area contributed by atoms with E-state index < -0.39 is 0 Å². The van der Waals surface area contributed by atoms with Crippen molar-refractivity contribution in [2.75, 3.05) is 0 Å². The van der Waals surface area contributed by atoms with Crippen molar-refractivity contribution in [1.82, 2.24) is 0 Å². The zero-order chi connectivity index (χ0) is 13.1. The van der Waals surface area contributed by atoms with Crippen molar-refractivity contribution in [3.63, 3.8) is 0 Å². The molecular formula is C15H28O2. The minimum atomic E-state index is -0.284. The summed E-state index contributed by atoms with van der Waals surface area (Å²) in [5, 5.41) is 0. The fourth-order valence-corrected chi connectivity index (χ4v) is 2.11. The molecule has 2 unspecified atom stereocenters. The minimum absolute atomic E-state index is 0.0762. The van der Waals surface area contributed by atoms with Gasteiger partial charge in [-0.3, -0.25) is 0 Å². The quantitative estimate of drug-likeness (QED) is 0.415. The highest BCUT2D eigenvalue weighted by molar-refractivity contribution is 5.81. The number of carbonyl (C=O) groups is 1. The zero-order valence-corrected chi connectivity index (χ0v) is 11.7. The molecule has 0 radical (unpaired) electrons. The SMILES string of the molecule is C=CC(=O)OC(CCC)CC(CC)CCCC. The van der Waals surface area contributed by atoms with Gasteiger partial charge in [-0.05, 0) is 18.8 Å². The van der Waals surface area contributed by atoms with Crippen molar-refractivity contribution in [3.05, 3.63) is 12.7 Å². The molecule has 0 aliphatic heterocycles. The van der Waals surface area contributed by atoms with E-state index in [-0.39, 0.29) is 12.1 Å². The molecule has 0 aromatic carbocycles. The molecule has 0 saturated carbocycles. The Kier molecular flexibility index (Phi) is 9.89. The van der Waals surface area contributed by atoms with Gasteiger partial charge >= 0.3 is 5.97 Å². The summed E-state index contributed by atoms with van der Waals surface area (Å²) in [6, 6.07) is 0. The van der Waals surface area contributed by atoms with Gasteiger partial charge < -0.3 is 4.74 Å². The molecule has 0 saturated heterocycles. The van der Waals surface area contributed by atoms with Crippen LogP contribution in [0.1, 0.15) is 65.7 Å². The van der Waals surface area contributed by atoms with E-state index in [2.05, 4.69) is 27.4 Å². The molecule has 0 aromatic heterocycles. The van der Waals surface area contributed by atoms with Crippen LogP contribution < -0.4 is 0 Å². The molecule has 0 heterocycles. The van der Waals surface area contributed by atoms with Gasteiger partial charge in [-0.15, -0.1) is 0 Å². The van der Waals surface area contributed by atoms with Crippen LogP contribution in [0.5, 0.6) is 0 Å². The van der Waals surface area contributed by atoms with Crippen molar-refractivity contribution in [3.8, 4) is 0 Å². The third kappa shape index (κ3) is 8.00. The maximum atomic E-state index is 11.2. The van der Waals surface area contributed by atoms with Gasteiger partial charge in [0, 0.05) is 6.08 Å². The first kappa shape index (κ1) is 16.2. The van der Waals surface area contributed by atoms with Crippen LogP contribution in [0.3, 0.4) is 0 Å². The van der Waals surface area contributed by atoms with E-state index >= 15 is 0 Å². The number of hydrogen-bond acceptors (Lipinski definition) is 2. The first-order valence-corrected chi connectivity index (χ1v) is 7.00. The molecular weight excluding hydrogens is 212 g/mol. The Morgan fingerprint density at radius 2 is 1.94 bits per heavy atom. The number of hydrogen-bond donors (Lipinski definition) is 0. The van der Waals surface area contributed by atoms with Crippen molar-refractivity contribution in [1.29, 1.82) is 0 Å². The molecule has 17 heavy (non-hydrogen) atoms. The van der Waals surface area contributed by atoms with Gasteiger partial charge in [0.25, 0.3) is 0 Å². The van der Waals surface area contributed by atoms with Crippen LogP contribution in [-0.2, 0) is 9.53 Å². The predicted octanol–water partition coefficient (Wildman–Crippen LogP) is 4.49. The maximum absolute atomic E-state index is 11.2. The number of ether oxygens (including phenoxy) is 1. The summed E-state index contributed by atoms with van der Waals surface area (Å²) in [7, 11) is 0. The first-order valence-electron chi connectivity index (χ1n) is 7.00. The Morgan fingerprint density at radius 1 is 1.24 bits per heavy atom. The fourth-order valence-electron chi connectivity index (χ4n) is 2.11. The first-order chi connectivity index (χ1) is 8.17. The van der Waals surface area contributed by atoms with Crippen molar-refractivity contribution >= 4 is 5.97 Å². The molecule has 0 aliphatic carbocycles. The Balaban J connectivity index is 4.18. The summed E-state index contributed by atoms with van der Waals surface area (Å²) in [4.78, 5) is 11.2. The molecule has 2 atom stereocenters. The van der Waals surface area contributed by atoms with Crippen molar-refractivity contribution in [2.24, 2.45) is 5.92 Å². The maximum Gasteiger partial charge on any atom is 0.330 e. The van der Waals surface area contributed by atoms with Crippen LogP contribution in [0.15, 0.2) is 12.7 Å². The number of unbranched alkanes of at least 4 members (excludes halogenated alkanes) is 1. The third-order valence-electron chi connectivity index (χ3n) is 3.20. The molecule has 0 bridgehead atoms. The van der Waals surface area contributed by atoms with Gasteiger partial charge in [-0.25, -0.2) is 4.79 Å². The Hall–Kier alpha value is -0.790. The van der Waals surface area contributed by atoms with Gasteiger partial charge in [0.1, 0.15) is 6.10 Å². The second-order valence-corrected chi connectivity index (χ2v) is 4.70. The lowest BCUT2D eigenvalue weighted by Crippen LogP contribution is -2.20. The largest absolute Gasteiger partial charge is 0.459 e. The molecule has 0 aromatic rings. The number of esters is 1. The van der Waals surface area contributed by atoms with E-state index in [1.807, 2.05) is 0 Å². The summed E-state index contributed by atoms with van der Waals surface area (Å²) in [6.45, 7) is 10.0. The van der Waals surface area contributed by atoms with Gasteiger partial charge in [-0.2, -0.15) is 0 Å². The lowest BCUT2D eigenvalue weighted by atomic mass is 9.92. The lowest BCUT2D eigenvalue weighted by molar-refractivity contribution is -0.144. The molecule has 2 nitrogen and oxygen atoms in total. The van der Waals surface area contributed by atoms with Crippen LogP contribution in [-0.4, -0.2) is 12.1 Å². The molecule has 0 N–H and O–H groups in total. The van der Waals surface area contributed by atoms with Gasteiger partial charge in [0.2, 0.25) is 0 Å². The summed E-state index contributed by atoms with van der Waals surface area (Å²) < 4.78 is 5.40. The number of carbonyl (C=O) groups excluding carboxylic acids is 1. The number of rotatable bonds is 10. The van der Waals surface area contributed by atoms with Crippen LogP contribution >= 0.6 is 0 Å². The Labute approximate surface area is 106 Å². The zero-order valence-electron chi connectivity index (χ0n) is 11.7. The molecule has 2 heteroatoms. The summed E-state index contributed by atoms with van der Waals surface area (Å²) in [5.41, 5.74) is 0. The Morgan fingerprint density at radius 3 is 2.41 bits per heavy atom. The summed E-state index contributed by atoms with van der Waals surface area (Å²) in [6.07, 6.45) is 9.28. The van der Waals surface area contributed by atoms with Crippen molar-refractivity contribution in [2.45, 2.75) is 71.8 Å². The molecule has 100 valence electrons.